The normalized spacial score (nSPS) is 13.2. The molecule has 0 saturated carbocycles. The molecule has 0 aliphatic rings. The van der Waals surface area contributed by atoms with Crippen LogP contribution in [0.3, 0.4) is 0 Å². The van der Waals surface area contributed by atoms with Crippen molar-refractivity contribution in [3.63, 3.8) is 0 Å². The van der Waals surface area contributed by atoms with Gasteiger partial charge >= 0.3 is 5.97 Å². The number of para-hydroxylation sites is 1. The number of carbonyl (C=O) groups excluding carboxylic acids is 2. The van der Waals surface area contributed by atoms with Crippen LogP contribution in [-0.4, -0.2) is 38.2 Å². The van der Waals surface area contributed by atoms with Gasteiger partial charge in [-0.25, -0.2) is 13.1 Å². The molecule has 0 heterocycles. The Morgan fingerprint density at radius 1 is 1.19 bits per heavy atom. The van der Waals surface area contributed by atoms with Crippen LogP contribution >= 0.6 is 23.2 Å². The fourth-order valence-corrected chi connectivity index (χ4v) is 4.86. The molecule has 0 aromatic heterocycles. The van der Waals surface area contributed by atoms with Crippen molar-refractivity contribution in [3.05, 3.63) is 68.2 Å². The van der Waals surface area contributed by atoms with Crippen LogP contribution in [0.2, 0.25) is 10.0 Å². The molecule has 0 unspecified atom stereocenters. The molecule has 0 aliphatic heterocycles. The van der Waals surface area contributed by atoms with Crippen molar-refractivity contribution in [2.45, 2.75) is 30.7 Å². The van der Waals surface area contributed by atoms with Gasteiger partial charge in [-0.2, -0.15) is 0 Å². The van der Waals surface area contributed by atoms with Gasteiger partial charge in [0.25, 0.3) is 5.69 Å². The number of Topliss-reactive ketones (excluding diaryl/α,β-unsaturated/α-hetero) is 1. The number of nitrogens with zero attached hydrogens (tertiary/aromatic N) is 1. The highest BCUT2D eigenvalue weighted by Gasteiger charge is 2.31. The number of ether oxygens (including phenoxy) is 1. The quantitative estimate of drug-likeness (QED) is 0.298. The van der Waals surface area contributed by atoms with E-state index in [-0.39, 0.29) is 12.8 Å². The standard InChI is InChI=1S/C20H20Cl2N2O7S/c1-12(23-32(29,30)19-6-4-3-5-17(19)24(27)28)18(25)10-14(20(26)31-2)9-13-7-8-15(21)11-16(13)22/h3-8,11-12,14,23H,9-10H2,1-2H3/t12-,14+/m0/s1. The van der Waals surface area contributed by atoms with Gasteiger partial charge in [-0.1, -0.05) is 41.4 Å². The minimum atomic E-state index is -4.38. The number of nitro groups is 1. The molecule has 0 saturated heterocycles. The number of methoxy groups -OCH3 is 1. The molecule has 0 aliphatic carbocycles. The van der Waals surface area contributed by atoms with E-state index in [0.29, 0.717) is 15.6 Å². The zero-order chi connectivity index (χ0) is 24.1. The monoisotopic (exact) mass is 502 g/mol. The Balaban J connectivity index is 2.19. The summed E-state index contributed by atoms with van der Waals surface area (Å²) in [4.78, 5) is 34.7. The molecule has 0 spiro atoms. The Morgan fingerprint density at radius 3 is 2.44 bits per heavy atom. The molecule has 0 fully saturated rings. The second-order valence-electron chi connectivity index (χ2n) is 6.90. The van der Waals surface area contributed by atoms with Gasteiger partial charge in [0.05, 0.1) is 24.0 Å². The van der Waals surface area contributed by atoms with Gasteiger partial charge in [0.1, 0.15) is 0 Å². The number of hydrogen-bond acceptors (Lipinski definition) is 7. The molecule has 172 valence electrons. The fourth-order valence-electron chi connectivity index (χ4n) is 2.97. The summed E-state index contributed by atoms with van der Waals surface area (Å²) in [5.41, 5.74) is -0.0584. The highest BCUT2D eigenvalue weighted by atomic mass is 35.5. The predicted octanol–water partition coefficient (Wildman–Crippen LogP) is 3.56. The number of halogens is 2. The molecular weight excluding hydrogens is 483 g/mol. The maximum absolute atomic E-state index is 12.7. The summed E-state index contributed by atoms with van der Waals surface area (Å²) in [6.07, 6.45) is -0.274. The Morgan fingerprint density at radius 2 is 1.84 bits per heavy atom. The molecule has 2 aromatic rings. The lowest BCUT2D eigenvalue weighted by Gasteiger charge is -2.18. The van der Waals surface area contributed by atoms with Crippen LogP contribution in [0, 0.1) is 16.0 Å². The first-order valence-corrected chi connectivity index (χ1v) is 11.5. The molecule has 2 aromatic carbocycles. The third-order valence-corrected chi connectivity index (χ3v) is 6.80. The van der Waals surface area contributed by atoms with Gasteiger partial charge in [0.2, 0.25) is 10.0 Å². The fraction of sp³-hybridized carbons (Fsp3) is 0.300. The van der Waals surface area contributed by atoms with E-state index in [2.05, 4.69) is 4.72 Å². The van der Waals surface area contributed by atoms with Gasteiger partial charge in [0, 0.05) is 22.5 Å². The van der Waals surface area contributed by atoms with Crippen molar-refractivity contribution in [1.29, 1.82) is 0 Å². The number of ketones is 1. The van der Waals surface area contributed by atoms with E-state index in [0.717, 1.165) is 12.1 Å². The lowest BCUT2D eigenvalue weighted by molar-refractivity contribution is -0.387. The van der Waals surface area contributed by atoms with Crippen LogP contribution in [0.25, 0.3) is 0 Å². The third kappa shape index (κ3) is 6.49. The average Bonchev–Trinajstić information content (AvgIpc) is 2.73. The second-order valence-corrected chi connectivity index (χ2v) is 9.42. The smallest absolute Gasteiger partial charge is 0.309 e. The van der Waals surface area contributed by atoms with Crippen LogP contribution in [0.15, 0.2) is 47.4 Å². The van der Waals surface area contributed by atoms with E-state index in [1.54, 1.807) is 12.1 Å². The second kappa shape index (κ2) is 10.9. The molecule has 2 atom stereocenters. The molecule has 9 nitrogen and oxygen atoms in total. The molecular formula is C20H20Cl2N2O7S. The van der Waals surface area contributed by atoms with Gasteiger partial charge in [0.15, 0.2) is 10.7 Å². The maximum atomic E-state index is 12.7. The first-order valence-electron chi connectivity index (χ1n) is 9.26. The number of esters is 1. The van der Waals surface area contributed by atoms with Crippen LogP contribution in [0.1, 0.15) is 18.9 Å². The van der Waals surface area contributed by atoms with Gasteiger partial charge in [-0.3, -0.25) is 19.7 Å². The molecule has 12 heteroatoms. The molecule has 2 rings (SSSR count). The highest BCUT2D eigenvalue weighted by Crippen LogP contribution is 2.26. The predicted molar refractivity (Wildman–Crippen MR) is 118 cm³/mol. The lowest BCUT2D eigenvalue weighted by Crippen LogP contribution is -2.40. The van der Waals surface area contributed by atoms with Crippen LogP contribution in [-0.2, 0) is 30.8 Å². The van der Waals surface area contributed by atoms with Gasteiger partial charge < -0.3 is 4.74 Å². The van der Waals surface area contributed by atoms with Crippen molar-refractivity contribution in [2.24, 2.45) is 5.92 Å². The zero-order valence-electron chi connectivity index (χ0n) is 17.1. The Bertz CT molecular complexity index is 1140. The largest absolute Gasteiger partial charge is 0.469 e. The van der Waals surface area contributed by atoms with E-state index in [4.69, 9.17) is 27.9 Å². The van der Waals surface area contributed by atoms with Gasteiger partial charge in [-0.05, 0) is 37.1 Å². The summed E-state index contributed by atoms with van der Waals surface area (Å²) >= 11 is 12.0. The zero-order valence-corrected chi connectivity index (χ0v) is 19.4. The number of benzene rings is 2. The maximum Gasteiger partial charge on any atom is 0.309 e. The van der Waals surface area contributed by atoms with Crippen molar-refractivity contribution in [3.8, 4) is 0 Å². The number of sulfonamides is 1. The summed E-state index contributed by atoms with van der Waals surface area (Å²) in [7, 11) is -3.21. The summed E-state index contributed by atoms with van der Waals surface area (Å²) in [6.45, 7) is 1.29. The average molecular weight is 503 g/mol. The lowest BCUT2D eigenvalue weighted by atomic mass is 9.92. The highest BCUT2D eigenvalue weighted by molar-refractivity contribution is 7.89. The van der Waals surface area contributed by atoms with Crippen LogP contribution in [0.4, 0.5) is 5.69 Å². The Kier molecular flexibility index (Phi) is 8.73. The minimum absolute atomic E-state index is 0.0675. The number of nitrogens with one attached hydrogen (secondary N) is 1. The summed E-state index contributed by atoms with van der Waals surface area (Å²) in [6, 6.07) is 8.22. The summed E-state index contributed by atoms with van der Waals surface area (Å²) < 4.78 is 32.2. The van der Waals surface area contributed by atoms with E-state index in [9.17, 15) is 28.1 Å². The first kappa shape index (κ1) is 25.7. The van der Waals surface area contributed by atoms with Crippen molar-refractivity contribution >= 4 is 50.7 Å². The summed E-state index contributed by atoms with van der Waals surface area (Å²) in [5, 5.41) is 11.9. The SMILES string of the molecule is COC(=O)[C@@H](CC(=O)[C@H](C)NS(=O)(=O)c1ccccc1[N+](=O)[O-])Cc1ccc(Cl)cc1Cl. The van der Waals surface area contributed by atoms with Crippen LogP contribution in [0.5, 0.6) is 0 Å². The number of hydrogen-bond donors (Lipinski definition) is 1. The van der Waals surface area contributed by atoms with Crippen LogP contribution < -0.4 is 4.72 Å². The molecule has 0 amide bonds. The molecule has 1 N–H and O–H groups in total. The Labute approximate surface area is 194 Å². The topological polar surface area (TPSA) is 133 Å². The molecule has 32 heavy (non-hydrogen) atoms. The van der Waals surface area contributed by atoms with E-state index < -0.39 is 49.2 Å². The Hall–Kier alpha value is -2.53. The molecule has 0 radical (unpaired) electrons. The first-order chi connectivity index (χ1) is 15.0. The van der Waals surface area contributed by atoms with Crippen molar-refractivity contribution in [2.75, 3.05) is 7.11 Å². The molecule has 0 bridgehead atoms. The number of rotatable bonds is 10. The summed E-state index contributed by atoms with van der Waals surface area (Å²) in [5.74, 6) is -2.20. The van der Waals surface area contributed by atoms with Crippen molar-refractivity contribution < 1.29 is 27.7 Å². The van der Waals surface area contributed by atoms with E-state index in [1.165, 1.54) is 32.2 Å². The van der Waals surface area contributed by atoms with Crippen molar-refractivity contribution in [1.82, 2.24) is 4.72 Å². The number of carbonyl (C=O) groups is 2. The van der Waals surface area contributed by atoms with E-state index >= 15 is 0 Å². The number of nitro benzene ring substituents is 1. The minimum Gasteiger partial charge on any atom is -0.469 e. The van der Waals surface area contributed by atoms with E-state index in [1.807, 2.05) is 0 Å². The van der Waals surface area contributed by atoms with Gasteiger partial charge in [-0.15, -0.1) is 0 Å². The third-order valence-electron chi connectivity index (χ3n) is 4.63.